The average molecular weight is 277 g/mol. The fourth-order valence-corrected chi connectivity index (χ4v) is 1.92. The minimum atomic E-state index is -0.604. The molecule has 20 heavy (non-hydrogen) atoms. The van der Waals surface area contributed by atoms with E-state index in [9.17, 15) is 4.79 Å². The maximum absolute atomic E-state index is 11.6. The normalized spacial score (nSPS) is 20.0. The summed E-state index contributed by atoms with van der Waals surface area (Å²) in [4.78, 5) is 15.9. The highest BCUT2D eigenvalue weighted by atomic mass is 16.7. The van der Waals surface area contributed by atoms with Gasteiger partial charge in [0.2, 0.25) is 5.88 Å². The number of ketones is 1. The molecular weight excluding hydrogens is 257 g/mol. The molecule has 1 saturated heterocycles. The van der Waals surface area contributed by atoms with Crippen LogP contribution in [-0.2, 0) is 9.31 Å². The lowest BCUT2D eigenvalue weighted by Crippen LogP contribution is -2.41. The first-order valence-corrected chi connectivity index (χ1v) is 6.59. The number of nitrogens with zero attached hydrogens (tertiary/aromatic N) is 1. The third-order valence-electron chi connectivity index (χ3n) is 3.93. The van der Waals surface area contributed by atoms with Crippen molar-refractivity contribution in [1.29, 1.82) is 0 Å². The van der Waals surface area contributed by atoms with Crippen LogP contribution in [-0.4, -0.2) is 36.2 Å². The highest BCUT2D eigenvalue weighted by Crippen LogP contribution is 2.36. The molecule has 5 nitrogen and oxygen atoms in total. The van der Waals surface area contributed by atoms with Crippen molar-refractivity contribution < 1.29 is 18.8 Å². The van der Waals surface area contributed by atoms with Crippen molar-refractivity contribution in [3.05, 3.63) is 17.7 Å². The van der Waals surface area contributed by atoms with Gasteiger partial charge in [0.15, 0.2) is 5.78 Å². The second-order valence-electron chi connectivity index (χ2n) is 5.97. The van der Waals surface area contributed by atoms with Gasteiger partial charge in [-0.25, -0.2) is 4.98 Å². The van der Waals surface area contributed by atoms with Gasteiger partial charge in [-0.1, -0.05) is 0 Å². The lowest BCUT2D eigenvalue weighted by atomic mass is 9.83. The largest absolute Gasteiger partial charge is 0.514 e. The van der Waals surface area contributed by atoms with Crippen molar-refractivity contribution in [2.75, 3.05) is 7.11 Å². The Kier molecular flexibility index (Phi) is 3.65. The van der Waals surface area contributed by atoms with Crippen molar-refractivity contribution >= 4 is 18.5 Å². The molecule has 0 aromatic carbocycles. The number of Topliss-reactive ketones (excluding diaryl/α,β-unsaturated/α-hetero) is 1. The number of methoxy groups -OCH3 is 1. The van der Waals surface area contributed by atoms with Gasteiger partial charge in [0.05, 0.1) is 23.9 Å². The highest BCUT2D eigenvalue weighted by molar-refractivity contribution is 6.61. The number of carbonyl (C=O) groups excluding carboxylic acids is 1. The minimum Gasteiger partial charge on any atom is -0.481 e. The predicted molar refractivity (Wildman–Crippen MR) is 76.5 cm³/mol. The zero-order chi connectivity index (χ0) is 15.1. The van der Waals surface area contributed by atoms with Crippen molar-refractivity contribution in [3.8, 4) is 5.88 Å². The van der Waals surface area contributed by atoms with Crippen LogP contribution in [0.2, 0.25) is 0 Å². The molecule has 0 aliphatic carbocycles. The molecule has 0 radical (unpaired) electrons. The van der Waals surface area contributed by atoms with E-state index >= 15 is 0 Å². The number of pyridine rings is 1. The number of ether oxygens (including phenoxy) is 1. The van der Waals surface area contributed by atoms with Gasteiger partial charge in [0.25, 0.3) is 0 Å². The second-order valence-corrected chi connectivity index (χ2v) is 5.97. The van der Waals surface area contributed by atoms with E-state index in [4.69, 9.17) is 14.0 Å². The fourth-order valence-electron chi connectivity index (χ4n) is 1.92. The Morgan fingerprint density at radius 2 is 1.75 bits per heavy atom. The zero-order valence-corrected chi connectivity index (χ0v) is 12.8. The molecule has 2 rings (SSSR count). The summed E-state index contributed by atoms with van der Waals surface area (Å²) in [6.07, 6.45) is 0. The van der Waals surface area contributed by atoms with E-state index in [0.29, 0.717) is 17.0 Å². The van der Waals surface area contributed by atoms with Gasteiger partial charge in [0, 0.05) is 11.6 Å². The maximum Gasteiger partial charge on any atom is 0.514 e. The van der Waals surface area contributed by atoms with E-state index < -0.39 is 18.3 Å². The Balaban J connectivity index is 2.39. The molecule has 6 heteroatoms. The molecule has 1 aliphatic heterocycles. The summed E-state index contributed by atoms with van der Waals surface area (Å²) < 4.78 is 17.0. The zero-order valence-electron chi connectivity index (χ0n) is 12.8. The van der Waals surface area contributed by atoms with Crippen molar-refractivity contribution in [3.63, 3.8) is 0 Å². The molecule has 0 spiro atoms. The molecule has 0 saturated carbocycles. The van der Waals surface area contributed by atoms with Crippen LogP contribution < -0.4 is 10.3 Å². The summed E-state index contributed by atoms with van der Waals surface area (Å²) in [5, 5.41) is 0. The van der Waals surface area contributed by atoms with Gasteiger partial charge in [-0.2, -0.15) is 0 Å². The van der Waals surface area contributed by atoms with Gasteiger partial charge >= 0.3 is 7.12 Å². The van der Waals surface area contributed by atoms with Crippen LogP contribution in [0, 0.1) is 0 Å². The van der Waals surface area contributed by atoms with E-state index in [1.807, 2.05) is 27.7 Å². The Morgan fingerprint density at radius 3 is 2.20 bits per heavy atom. The van der Waals surface area contributed by atoms with E-state index in [1.54, 1.807) is 12.1 Å². The summed E-state index contributed by atoms with van der Waals surface area (Å²) in [5.41, 5.74) is 0.187. The van der Waals surface area contributed by atoms with Crippen LogP contribution in [0.15, 0.2) is 12.1 Å². The van der Waals surface area contributed by atoms with Crippen LogP contribution in [0.3, 0.4) is 0 Å². The van der Waals surface area contributed by atoms with Gasteiger partial charge in [0.1, 0.15) is 0 Å². The molecule has 1 aromatic heterocycles. The highest BCUT2D eigenvalue weighted by Gasteiger charge is 2.52. The molecule has 2 heterocycles. The van der Waals surface area contributed by atoms with Crippen LogP contribution in [0.1, 0.15) is 45.0 Å². The van der Waals surface area contributed by atoms with Crippen molar-refractivity contribution in [1.82, 2.24) is 4.98 Å². The molecule has 108 valence electrons. The summed E-state index contributed by atoms with van der Waals surface area (Å²) in [6, 6.07) is 3.30. The number of aromatic nitrogens is 1. The molecule has 1 aliphatic rings. The van der Waals surface area contributed by atoms with Crippen molar-refractivity contribution in [2.45, 2.75) is 45.8 Å². The Morgan fingerprint density at radius 1 is 1.20 bits per heavy atom. The van der Waals surface area contributed by atoms with Gasteiger partial charge in [-0.15, -0.1) is 0 Å². The monoisotopic (exact) mass is 277 g/mol. The molecule has 0 atom stereocenters. The summed E-state index contributed by atoms with van der Waals surface area (Å²) in [5.74, 6) is 0.325. The topological polar surface area (TPSA) is 57.7 Å². The first-order valence-electron chi connectivity index (χ1n) is 6.59. The number of hydrogen-bond donors (Lipinski definition) is 0. The predicted octanol–water partition coefficient (Wildman–Crippen LogP) is 1.59. The first kappa shape index (κ1) is 15.0. The number of hydrogen-bond acceptors (Lipinski definition) is 5. The van der Waals surface area contributed by atoms with E-state index in [1.165, 1.54) is 14.0 Å². The average Bonchev–Trinajstić information content (AvgIpc) is 2.58. The van der Waals surface area contributed by atoms with Gasteiger partial charge < -0.3 is 14.0 Å². The first-order chi connectivity index (χ1) is 9.16. The van der Waals surface area contributed by atoms with Crippen molar-refractivity contribution in [2.24, 2.45) is 0 Å². The third-order valence-corrected chi connectivity index (χ3v) is 3.93. The number of rotatable bonds is 3. The SMILES string of the molecule is COc1cc(C(C)=O)cc(B2OC(C)(C)C(C)(C)O2)n1. The fraction of sp³-hybridized carbons (Fsp3) is 0.571. The molecule has 1 aromatic rings. The lowest BCUT2D eigenvalue weighted by molar-refractivity contribution is 0.00578. The van der Waals surface area contributed by atoms with Crippen LogP contribution >= 0.6 is 0 Å². The van der Waals surface area contributed by atoms with Gasteiger partial charge in [-0.05, 0) is 40.7 Å². The molecule has 0 N–H and O–H groups in total. The van der Waals surface area contributed by atoms with Crippen LogP contribution in [0.25, 0.3) is 0 Å². The lowest BCUT2D eigenvalue weighted by Gasteiger charge is -2.32. The second kappa shape index (κ2) is 4.86. The summed E-state index contributed by atoms with van der Waals surface area (Å²) in [7, 11) is 0.911. The Bertz CT molecular complexity index is 526. The van der Waals surface area contributed by atoms with Gasteiger partial charge in [-0.3, -0.25) is 4.79 Å². The standard InChI is InChI=1S/C14H20BNO4/c1-9(17)10-7-11(16-12(8-10)18-6)15-19-13(2,3)14(4,5)20-15/h7-8H,1-6H3. The van der Waals surface area contributed by atoms with Crippen LogP contribution in [0.5, 0.6) is 5.88 Å². The quantitative estimate of drug-likeness (QED) is 0.620. The molecular formula is C14H20BNO4. The molecule has 0 unspecified atom stereocenters. The Hall–Kier alpha value is -1.40. The van der Waals surface area contributed by atoms with E-state index in [-0.39, 0.29) is 5.78 Å². The number of carbonyl (C=O) groups is 1. The van der Waals surface area contributed by atoms with Crippen LogP contribution in [0.4, 0.5) is 0 Å². The minimum absolute atomic E-state index is 0.0523. The smallest absolute Gasteiger partial charge is 0.481 e. The molecule has 0 bridgehead atoms. The van der Waals surface area contributed by atoms with E-state index in [2.05, 4.69) is 4.98 Å². The summed E-state index contributed by atoms with van der Waals surface area (Å²) >= 11 is 0. The summed E-state index contributed by atoms with van der Waals surface area (Å²) in [6.45, 7) is 9.39. The Labute approximate surface area is 119 Å². The third kappa shape index (κ3) is 2.58. The van der Waals surface area contributed by atoms with E-state index in [0.717, 1.165) is 0 Å². The molecule has 0 amide bonds. The maximum atomic E-state index is 11.6. The molecule has 1 fully saturated rings.